The van der Waals surface area contributed by atoms with Crippen molar-refractivity contribution < 1.29 is 24.2 Å². The van der Waals surface area contributed by atoms with Crippen LogP contribution < -0.4 is 14.8 Å². The molecule has 1 aliphatic heterocycles. The van der Waals surface area contributed by atoms with Crippen molar-refractivity contribution in [3.8, 4) is 22.8 Å². The van der Waals surface area contributed by atoms with Crippen LogP contribution in [0.4, 0.5) is 0 Å². The summed E-state index contributed by atoms with van der Waals surface area (Å²) in [5, 5.41) is 13.3. The van der Waals surface area contributed by atoms with Crippen LogP contribution in [-0.2, 0) is 16.9 Å². The SMILES string of the molecule is CC(C)(NC(=O)c1ccc2c(C3CCCCC3)c3n(c2c1)CCOc1ccccc1-3)c1ccc(OCC(=O)O)cc1. The highest BCUT2D eigenvalue weighted by Gasteiger charge is 2.30. The van der Waals surface area contributed by atoms with Gasteiger partial charge in [0.25, 0.3) is 5.91 Å². The van der Waals surface area contributed by atoms with Gasteiger partial charge in [0, 0.05) is 22.0 Å². The minimum absolute atomic E-state index is 0.150. The molecule has 0 saturated heterocycles. The molecule has 0 radical (unpaired) electrons. The molecule has 0 bridgehead atoms. The summed E-state index contributed by atoms with van der Waals surface area (Å²) in [6.45, 7) is 4.81. The first-order valence-corrected chi connectivity index (χ1v) is 14.5. The van der Waals surface area contributed by atoms with E-state index in [2.05, 4.69) is 34.1 Å². The molecule has 212 valence electrons. The zero-order chi connectivity index (χ0) is 28.6. The van der Waals surface area contributed by atoms with E-state index in [9.17, 15) is 9.59 Å². The van der Waals surface area contributed by atoms with Crippen LogP contribution >= 0.6 is 0 Å². The van der Waals surface area contributed by atoms with Crippen LogP contribution in [0.15, 0.2) is 66.7 Å². The molecule has 1 aliphatic carbocycles. The summed E-state index contributed by atoms with van der Waals surface area (Å²) in [5.74, 6) is 0.709. The molecule has 0 atom stereocenters. The predicted molar refractivity (Wildman–Crippen MR) is 159 cm³/mol. The Kier molecular flexibility index (Phi) is 7.20. The van der Waals surface area contributed by atoms with Crippen molar-refractivity contribution in [2.45, 2.75) is 64.0 Å². The van der Waals surface area contributed by atoms with Gasteiger partial charge in [-0.25, -0.2) is 4.79 Å². The first-order valence-electron chi connectivity index (χ1n) is 14.5. The van der Waals surface area contributed by atoms with Gasteiger partial charge < -0.3 is 24.5 Å². The van der Waals surface area contributed by atoms with E-state index < -0.39 is 18.1 Å². The van der Waals surface area contributed by atoms with Crippen molar-refractivity contribution in [2.75, 3.05) is 13.2 Å². The highest BCUT2D eigenvalue weighted by atomic mass is 16.5. The highest BCUT2D eigenvalue weighted by Crippen LogP contribution is 2.47. The molecule has 41 heavy (non-hydrogen) atoms. The van der Waals surface area contributed by atoms with Gasteiger partial charge in [-0.2, -0.15) is 0 Å². The number of carboxylic acids is 1. The van der Waals surface area contributed by atoms with Crippen LogP contribution in [0.3, 0.4) is 0 Å². The van der Waals surface area contributed by atoms with Crippen LogP contribution in [0.5, 0.6) is 11.5 Å². The van der Waals surface area contributed by atoms with Gasteiger partial charge in [-0.3, -0.25) is 4.79 Å². The third-order valence-electron chi connectivity index (χ3n) is 8.46. The molecule has 0 spiro atoms. The Labute approximate surface area is 240 Å². The molecule has 1 aromatic heterocycles. The average molecular weight is 553 g/mol. The van der Waals surface area contributed by atoms with Crippen LogP contribution in [0.25, 0.3) is 22.2 Å². The summed E-state index contributed by atoms with van der Waals surface area (Å²) in [5.41, 5.74) is 5.68. The van der Waals surface area contributed by atoms with E-state index >= 15 is 0 Å². The van der Waals surface area contributed by atoms with Crippen LogP contribution in [0, 0.1) is 0 Å². The molecule has 6 rings (SSSR count). The Morgan fingerprint density at radius 3 is 2.54 bits per heavy atom. The lowest BCUT2D eigenvalue weighted by Gasteiger charge is -2.27. The fourth-order valence-electron chi connectivity index (χ4n) is 6.42. The lowest BCUT2D eigenvalue weighted by molar-refractivity contribution is -0.139. The number of amides is 1. The minimum atomic E-state index is -1.03. The normalized spacial score (nSPS) is 15.4. The summed E-state index contributed by atoms with van der Waals surface area (Å²) in [6.07, 6.45) is 6.16. The van der Waals surface area contributed by atoms with Gasteiger partial charge >= 0.3 is 5.97 Å². The Balaban J connectivity index is 1.34. The van der Waals surface area contributed by atoms with E-state index in [1.807, 2.05) is 44.2 Å². The number of carboxylic acid groups (broad SMARTS) is 1. The van der Waals surface area contributed by atoms with Gasteiger partial charge in [-0.1, -0.05) is 49.6 Å². The molecular weight excluding hydrogens is 516 g/mol. The van der Waals surface area contributed by atoms with Crippen molar-refractivity contribution in [3.63, 3.8) is 0 Å². The lowest BCUT2D eigenvalue weighted by atomic mass is 9.81. The van der Waals surface area contributed by atoms with Gasteiger partial charge in [0.15, 0.2) is 6.61 Å². The van der Waals surface area contributed by atoms with Gasteiger partial charge in [-0.05, 0) is 80.1 Å². The number of rotatable bonds is 7. The van der Waals surface area contributed by atoms with Crippen LogP contribution in [-0.4, -0.2) is 34.8 Å². The quantitative estimate of drug-likeness (QED) is 0.261. The molecule has 1 amide bonds. The number of carbonyl (C=O) groups is 2. The number of aromatic nitrogens is 1. The Morgan fingerprint density at radius 1 is 1.02 bits per heavy atom. The standard InChI is InChI=1S/C34H36N2O5/c1-34(2,24-13-15-25(16-14-24)41-21-30(37)38)35-33(39)23-12-17-26-28(20-23)36-18-19-40-29-11-7-6-10-27(29)32(36)31(26)22-8-4-3-5-9-22/h6-7,10-17,20,22H,3-5,8-9,18-19,21H2,1-2H3,(H,35,39)(H,37,38). The molecule has 7 heteroatoms. The maximum Gasteiger partial charge on any atom is 0.341 e. The number of ether oxygens (including phenoxy) is 2. The van der Waals surface area contributed by atoms with Crippen molar-refractivity contribution in [1.82, 2.24) is 9.88 Å². The Hall–Kier alpha value is -4.26. The predicted octanol–water partition coefficient (Wildman–Crippen LogP) is 6.88. The number of nitrogens with zero attached hydrogens (tertiary/aromatic N) is 1. The average Bonchev–Trinajstić information content (AvgIpc) is 3.17. The molecule has 2 heterocycles. The molecule has 4 aromatic rings. The summed E-state index contributed by atoms with van der Waals surface area (Å²) in [6, 6.07) is 21.6. The number of aliphatic carboxylic acids is 1. The molecule has 3 aromatic carbocycles. The fraction of sp³-hybridized carbons (Fsp3) is 0.353. The van der Waals surface area contributed by atoms with Gasteiger partial charge in [-0.15, -0.1) is 0 Å². The van der Waals surface area contributed by atoms with E-state index in [-0.39, 0.29) is 5.91 Å². The molecule has 1 fully saturated rings. The maximum atomic E-state index is 13.6. The van der Waals surface area contributed by atoms with Crippen LogP contribution in [0.2, 0.25) is 0 Å². The second-order valence-corrected chi connectivity index (χ2v) is 11.6. The highest BCUT2D eigenvalue weighted by molar-refractivity contribution is 6.01. The number of nitrogens with one attached hydrogen (secondary N) is 1. The van der Waals surface area contributed by atoms with Crippen molar-refractivity contribution in [3.05, 3.63) is 83.4 Å². The fourth-order valence-corrected chi connectivity index (χ4v) is 6.42. The number of fused-ring (bicyclic) bond motifs is 5. The van der Waals surface area contributed by atoms with E-state index in [4.69, 9.17) is 14.6 Å². The molecule has 2 aliphatic rings. The second-order valence-electron chi connectivity index (χ2n) is 11.6. The zero-order valence-electron chi connectivity index (χ0n) is 23.6. The third kappa shape index (κ3) is 5.29. The van der Waals surface area contributed by atoms with E-state index in [0.29, 0.717) is 23.8 Å². The second kappa shape index (κ2) is 11.0. The van der Waals surface area contributed by atoms with Gasteiger partial charge in [0.05, 0.1) is 17.8 Å². The van der Waals surface area contributed by atoms with E-state index in [1.54, 1.807) is 12.1 Å². The number of benzene rings is 3. The molecule has 7 nitrogen and oxygen atoms in total. The number of hydrogen-bond donors (Lipinski definition) is 2. The van der Waals surface area contributed by atoms with Gasteiger partial charge in [0.1, 0.15) is 18.1 Å². The number of para-hydroxylation sites is 1. The van der Waals surface area contributed by atoms with Crippen molar-refractivity contribution in [1.29, 1.82) is 0 Å². The molecular formula is C34H36N2O5. The van der Waals surface area contributed by atoms with Gasteiger partial charge in [0.2, 0.25) is 0 Å². The topological polar surface area (TPSA) is 89.8 Å². The van der Waals surface area contributed by atoms with E-state index in [1.165, 1.54) is 48.7 Å². The van der Waals surface area contributed by atoms with Crippen molar-refractivity contribution in [2.24, 2.45) is 0 Å². The summed E-state index contributed by atoms with van der Waals surface area (Å²) < 4.78 is 13.8. The largest absolute Gasteiger partial charge is 0.491 e. The summed E-state index contributed by atoms with van der Waals surface area (Å²) in [4.78, 5) is 24.4. The smallest absolute Gasteiger partial charge is 0.341 e. The minimum Gasteiger partial charge on any atom is -0.491 e. The van der Waals surface area contributed by atoms with Crippen molar-refractivity contribution >= 4 is 22.8 Å². The molecule has 0 unspecified atom stereocenters. The first kappa shape index (κ1) is 26.9. The summed E-state index contributed by atoms with van der Waals surface area (Å²) in [7, 11) is 0. The van der Waals surface area contributed by atoms with Crippen LogP contribution in [0.1, 0.15) is 73.4 Å². The third-order valence-corrected chi connectivity index (χ3v) is 8.46. The zero-order valence-corrected chi connectivity index (χ0v) is 23.6. The maximum absolute atomic E-state index is 13.6. The lowest BCUT2D eigenvalue weighted by Crippen LogP contribution is -2.41. The number of carbonyl (C=O) groups excluding carboxylic acids is 1. The first-order chi connectivity index (χ1) is 19.8. The Bertz CT molecular complexity index is 1600. The summed E-state index contributed by atoms with van der Waals surface area (Å²) >= 11 is 0. The molecule has 1 saturated carbocycles. The number of hydrogen-bond acceptors (Lipinski definition) is 4. The Morgan fingerprint density at radius 2 is 1.78 bits per heavy atom. The molecule has 2 N–H and O–H groups in total. The van der Waals surface area contributed by atoms with E-state index in [0.717, 1.165) is 28.9 Å². The monoisotopic (exact) mass is 552 g/mol.